The zero-order valence-electron chi connectivity index (χ0n) is 15.4. The van der Waals surface area contributed by atoms with Gasteiger partial charge in [-0.05, 0) is 42.5 Å². The second kappa shape index (κ2) is 8.42. The van der Waals surface area contributed by atoms with Crippen LogP contribution in [0.25, 0.3) is 22.5 Å². The van der Waals surface area contributed by atoms with E-state index in [2.05, 4.69) is 0 Å². The molecule has 0 N–H and O–H groups in total. The maximum atomic E-state index is 11.7. The molecule has 0 aliphatic carbocycles. The topological polar surface area (TPSA) is 67.1 Å². The average molecular weight is 368 g/mol. The molecule has 2 aromatic carbocycles. The van der Waals surface area contributed by atoms with Gasteiger partial charge in [0.25, 0.3) is 0 Å². The van der Waals surface area contributed by atoms with Crippen LogP contribution >= 0.6 is 0 Å². The summed E-state index contributed by atoms with van der Waals surface area (Å²) in [5.41, 5.74) is 2.56. The highest BCUT2D eigenvalue weighted by Gasteiger charge is 2.21. The average Bonchev–Trinajstić information content (AvgIpc) is 3.25. The Morgan fingerprint density at radius 3 is 2.44 bits per heavy atom. The molecule has 6 heteroatoms. The van der Waals surface area contributed by atoms with E-state index in [1.807, 2.05) is 30.3 Å². The van der Waals surface area contributed by atoms with Gasteiger partial charge in [0.2, 0.25) is 0 Å². The molecule has 0 amide bonds. The van der Waals surface area contributed by atoms with E-state index in [0.717, 1.165) is 11.8 Å². The molecule has 140 valence electrons. The Balaban J connectivity index is 2.24. The smallest absolute Gasteiger partial charge is 0.188 e. The van der Waals surface area contributed by atoms with Crippen molar-refractivity contribution in [1.82, 2.24) is 0 Å². The van der Waals surface area contributed by atoms with E-state index in [9.17, 15) is 4.79 Å². The van der Waals surface area contributed by atoms with E-state index in [0.29, 0.717) is 39.7 Å². The fourth-order valence-corrected chi connectivity index (χ4v) is 2.89. The molecule has 0 bridgehead atoms. The number of benzene rings is 2. The number of ether oxygens (including phenoxy) is 4. The maximum Gasteiger partial charge on any atom is 0.188 e. The van der Waals surface area contributed by atoms with E-state index >= 15 is 0 Å². The van der Waals surface area contributed by atoms with Crippen LogP contribution < -0.4 is 14.2 Å². The molecule has 0 spiro atoms. The predicted molar refractivity (Wildman–Crippen MR) is 101 cm³/mol. The van der Waals surface area contributed by atoms with Crippen LogP contribution in [0.15, 0.2) is 53.1 Å². The SMILES string of the molecule is COCOc1ccc(C=O)c(-c2cc(-c3ccco3)ccc2OC)c1OC. The van der Waals surface area contributed by atoms with Crippen molar-refractivity contribution in [2.24, 2.45) is 0 Å². The third-order valence-corrected chi connectivity index (χ3v) is 4.09. The molecule has 0 aliphatic rings. The summed E-state index contributed by atoms with van der Waals surface area (Å²) in [5.74, 6) is 2.19. The number of aldehydes is 1. The zero-order chi connectivity index (χ0) is 19.2. The van der Waals surface area contributed by atoms with E-state index in [1.165, 1.54) is 14.2 Å². The van der Waals surface area contributed by atoms with Crippen LogP contribution in [0.1, 0.15) is 10.4 Å². The second-order valence-electron chi connectivity index (χ2n) is 5.62. The van der Waals surface area contributed by atoms with Gasteiger partial charge in [-0.15, -0.1) is 0 Å². The minimum Gasteiger partial charge on any atom is -0.496 e. The normalized spacial score (nSPS) is 10.5. The fourth-order valence-electron chi connectivity index (χ4n) is 2.89. The molecule has 0 aliphatic heterocycles. The molecular weight excluding hydrogens is 348 g/mol. The molecule has 0 radical (unpaired) electrons. The third kappa shape index (κ3) is 3.66. The largest absolute Gasteiger partial charge is 0.496 e. The first kappa shape index (κ1) is 18.5. The third-order valence-electron chi connectivity index (χ3n) is 4.09. The first-order valence-corrected chi connectivity index (χ1v) is 8.23. The molecule has 1 heterocycles. The number of carbonyl (C=O) groups excluding carboxylic acids is 1. The summed E-state index contributed by atoms with van der Waals surface area (Å²) in [6, 6.07) is 12.6. The summed E-state index contributed by atoms with van der Waals surface area (Å²) in [7, 11) is 4.63. The van der Waals surface area contributed by atoms with Gasteiger partial charge in [0.1, 0.15) is 11.5 Å². The summed E-state index contributed by atoms with van der Waals surface area (Å²) >= 11 is 0. The van der Waals surface area contributed by atoms with Crippen LogP contribution in [0.4, 0.5) is 0 Å². The lowest BCUT2D eigenvalue weighted by atomic mass is 9.95. The Morgan fingerprint density at radius 2 is 1.81 bits per heavy atom. The number of hydrogen-bond acceptors (Lipinski definition) is 6. The molecular formula is C21H20O6. The van der Waals surface area contributed by atoms with Crippen LogP contribution in [0.2, 0.25) is 0 Å². The quantitative estimate of drug-likeness (QED) is 0.433. The minimum atomic E-state index is 0.0554. The fraction of sp³-hybridized carbons (Fsp3) is 0.190. The van der Waals surface area contributed by atoms with Crippen LogP contribution in [0.3, 0.4) is 0 Å². The van der Waals surface area contributed by atoms with Crippen molar-refractivity contribution in [1.29, 1.82) is 0 Å². The number of methoxy groups -OCH3 is 3. The molecule has 3 aromatic rings. The van der Waals surface area contributed by atoms with Crippen molar-refractivity contribution < 1.29 is 28.2 Å². The van der Waals surface area contributed by atoms with Gasteiger partial charge in [0.15, 0.2) is 24.6 Å². The maximum absolute atomic E-state index is 11.7. The molecule has 0 unspecified atom stereocenters. The van der Waals surface area contributed by atoms with Gasteiger partial charge in [0.05, 0.1) is 20.5 Å². The van der Waals surface area contributed by atoms with Gasteiger partial charge in [-0.3, -0.25) is 4.79 Å². The monoisotopic (exact) mass is 368 g/mol. The number of carbonyl (C=O) groups is 1. The Hall–Kier alpha value is -3.25. The van der Waals surface area contributed by atoms with Crippen LogP contribution in [0.5, 0.6) is 17.2 Å². The van der Waals surface area contributed by atoms with Crippen molar-refractivity contribution in [2.45, 2.75) is 0 Å². The Labute approximate surface area is 157 Å². The Morgan fingerprint density at radius 1 is 1.00 bits per heavy atom. The van der Waals surface area contributed by atoms with Crippen molar-refractivity contribution in [3.8, 4) is 39.7 Å². The molecule has 1 aromatic heterocycles. The molecule has 6 nitrogen and oxygen atoms in total. The van der Waals surface area contributed by atoms with Crippen LogP contribution in [0, 0.1) is 0 Å². The Bertz CT molecular complexity index is 915. The summed E-state index contributed by atoms with van der Waals surface area (Å²) in [6.07, 6.45) is 2.38. The second-order valence-corrected chi connectivity index (χ2v) is 5.62. The Kier molecular flexibility index (Phi) is 5.78. The van der Waals surface area contributed by atoms with Crippen molar-refractivity contribution >= 4 is 6.29 Å². The first-order chi connectivity index (χ1) is 13.2. The van der Waals surface area contributed by atoms with Gasteiger partial charge in [-0.1, -0.05) is 0 Å². The predicted octanol–water partition coefficient (Wildman–Crippen LogP) is 4.43. The van der Waals surface area contributed by atoms with Crippen molar-refractivity contribution in [3.05, 3.63) is 54.3 Å². The van der Waals surface area contributed by atoms with Gasteiger partial charge < -0.3 is 23.4 Å². The lowest BCUT2D eigenvalue weighted by Crippen LogP contribution is -2.03. The lowest BCUT2D eigenvalue weighted by molar-refractivity contribution is 0.0492. The van der Waals surface area contributed by atoms with Crippen LogP contribution in [-0.4, -0.2) is 34.4 Å². The van der Waals surface area contributed by atoms with Gasteiger partial charge in [-0.25, -0.2) is 0 Å². The zero-order valence-corrected chi connectivity index (χ0v) is 15.4. The van der Waals surface area contributed by atoms with Crippen molar-refractivity contribution in [3.63, 3.8) is 0 Å². The molecule has 3 rings (SSSR count). The molecule has 0 saturated carbocycles. The highest BCUT2D eigenvalue weighted by Crippen LogP contribution is 2.45. The van der Waals surface area contributed by atoms with E-state index < -0.39 is 0 Å². The van der Waals surface area contributed by atoms with Crippen molar-refractivity contribution in [2.75, 3.05) is 28.1 Å². The van der Waals surface area contributed by atoms with Gasteiger partial charge in [-0.2, -0.15) is 0 Å². The molecule has 0 saturated heterocycles. The highest BCUT2D eigenvalue weighted by molar-refractivity contribution is 5.94. The summed E-state index contributed by atoms with van der Waals surface area (Å²) in [6.45, 7) is 0.0554. The van der Waals surface area contributed by atoms with Crippen LogP contribution in [-0.2, 0) is 4.74 Å². The van der Waals surface area contributed by atoms with E-state index in [4.69, 9.17) is 23.4 Å². The lowest BCUT2D eigenvalue weighted by Gasteiger charge is -2.18. The minimum absolute atomic E-state index is 0.0554. The van der Waals surface area contributed by atoms with E-state index in [1.54, 1.807) is 25.5 Å². The molecule has 0 atom stereocenters. The highest BCUT2D eigenvalue weighted by atomic mass is 16.7. The summed E-state index contributed by atoms with van der Waals surface area (Å²) < 4.78 is 27.2. The standard InChI is InChI=1S/C21H20O6/c1-23-13-27-19-9-7-15(12-22)20(21(19)25-3)16-11-14(6-8-18(16)24-2)17-5-4-10-26-17/h4-12H,13H2,1-3H3. The van der Waals surface area contributed by atoms with Gasteiger partial charge in [0, 0.05) is 29.4 Å². The number of rotatable bonds is 8. The summed E-state index contributed by atoms with van der Waals surface area (Å²) in [4.78, 5) is 11.7. The number of hydrogen-bond donors (Lipinski definition) is 0. The summed E-state index contributed by atoms with van der Waals surface area (Å²) in [5, 5.41) is 0. The van der Waals surface area contributed by atoms with Gasteiger partial charge >= 0.3 is 0 Å². The number of furan rings is 1. The van der Waals surface area contributed by atoms with E-state index in [-0.39, 0.29) is 6.79 Å². The first-order valence-electron chi connectivity index (χ1n) is 8.23. The molecule has 27 heavy (non-hydrogen) atoms. The molecule has 0 fully saturated rings.